The molecule has 0 bridgehead atoms. The first-order chi connectivity index (χ1) is 36.9. The van der Waals surface area contributed by atoms with E-state index in [0.29, 0.717) is 41.3 Å². The van der Waals surface area contributed by atoms with Crippen molar-refractivity contribution in [2.45, 2.75) is 65.3 Å². The normalized spacial score (nSPS) is 9.56. The van der Waals surface area contributed by atoms with Crippen LogP contribution in [0.2, 0.25) is 0 Å². The third kappa shape index (κ3) is 28.5. The zero-order valence-corrected chi connectivity index (χ0v) is 53.6. The topological polar surface area (TPSA) is 125 Å². The standard InChI is InChI=1S/2C13H11FN.3C13H12NO.2Ir.Pt.2Rh/c2*14-10-13-8-4-7-12(15-13)9-11-5-2-1-3-6-11;3*15-10-13-8-4-7-12(14-13)9-11-5-2-1-3-6-11;;;;;/h2*1-5,7-8H,9-10H2;3*1-5,7-8,15H,9-10H2;;;;;/q5*-1;;;;;. The van der Waals surface area contributed by atoms with Crippen molar-refractivity contribution in [2.75, 3.05) is 0 Å². The number of hydrogen-bond donors (Lipinski definition) is 3. The average Bonchev–Trinajstić information content (AvgIpc) is 3.47. The Bertz CT molecular complexity index is 2660. The van der Waals surface area contributed by atoms with Crippen LogP contribution in [0.3, 0.4) is 0 Å². The molecule has 0 atom stereocenters. The van der Waals surface area contributed by atoms with Gasteiger partial charge in [0.1, 0.15) is 13.3 Å². The Kier molecular flexibility index (Phi) is 39.6. The van der Waals surface area contributed by atoms with Crippen LogP contribution in [0.15, 0.2) is 212 Å². The summed E-state index contributed by atoms with van der Waals surface area (Å²) in [5, 5.41) is 26.9. The Labute approximate surface area is 537 Å². The first kappa shape index (κ1) is 72.8. The zero-order chi connectivity index (χ0) is 52.6. The summed E-state index contributed by atoms with van der Waals surface area (Å²) < 4.78 is 24.7. The Morgan fingerprint density at radius 1 is 0.275 bits per heavy atom. The van der Waals surface area contributed by atoms with E-state index in [-0.39, 0.29) is 120 Å². The van der Waals surface area contributed by atoms with Crippen molar-refractivity contribution in [3.05, 3.63) is 327 Å². The third-order valence-electron chi connectivity index (χ3n) is 10.8. The molecule has 0 saturated heterocycles. The second kappa shape index (κ2) is 43.5. The SMILES string of the molecule is FCc1cccc(Cc2[c-]cccc2)n1.FCc1cccc(Cc2[c-]cccc2)n1.OCc1cccc(Cc2[c-]cccc2)n1.OCc1cccc(Cc2[c-]cccc2)n1.OCc1cccc(Cc2[c-]cccc2)n1.[Ir].[Ir].[Pt].[Rh].[Rh]. The summed E-state index contributed by atoms with van der Waals surface area (Å²) >= 11 is 0. The molecule has 5 heterocycles. The fourth-order valence-electron chi connectivity index (χ4n) is 7.23. The molecule has 80 heavy (non-hydrogen) atoms. The maximum absolute atomic E-state index is 12.4. The van der Waals surface area contributed by atoms with Gasteiger partial charge in [-0.3, -0.25) is 24.9 Å². The number of aliphatic hydroxyl groups is 3. The number of alkyl halides is 2. The Morgan fingerprint density at radius 3 is 0.637 bits per heavy atom. The van der Waals surface area contributed by atoms with Gasteiger partial charge in [-0.25, -0.2) is 8.78 Å². The van der Waals surface area contributed by atoms with Crippen molar-refractivity contribution in [2.24, 2.45) is 0 Å². The number of nitrogens with zero attached hydrogens (tertiary/aromatic N) is 5. The molecule has 0 spiro atoms. The summed E-state index contributed by atoms with van der Waals surface area (Å²) in [6, 6.07) is 82.7. The molecule has 15 heteroatoms. The molecule has 0 saturated carbocycles. The average molecular weight is 1780 g/mol. The van der Waals surface area contributed by atoms with Gasteiger partial charge in [0, 0.05) is 129 Å². The fourth-order valence-corrected chi connectivity index (χ4v) is 7.23. The summed E-state index contributed by atoms with van der Waals surface area (Å²) in [6.07, 6.45) is 3.68. The molecule has 426 valence electrons. The quantitative estimate of drug-likeness (QED) is 0.0685. The van der Waals surface area contributed by atoms with Crippen LogP contribution >= 0.6 is 0 Å². The number of aliphatic hydroxyl groups excluding tert-OH is 3. The summed E-state index contributed by atoms with van der Waals surface area (Å²) in [5.74, 6) is 0. The summed E-state index contributed by atoms with van der Waals surface area (Å²) in [5.41, 5.74) is 13.2. The summed E-state index contributed by atoms with van der Waals surface area (Å²) in [7, 11) is 0. The van der Waals surface area contributed by atoms with Crippen LogP contribution in [-0.4, -0.2) is 40.2 Å². The Hall–Kier alpha value is -5.18. The molecule has 5 aromatic carbocycles. The van der Waals surface area contributed by atoms with Gasteiger partial charge >= 0.3 is 0 Å². The summed E-state index contributed by atoms with van der Waals surface area (Å²) in [6.45, 7) is -1.04. The van der Waals surface area contributed by atoms with Gasteiger partial charge in [0.2, 0.25) is 0 Å². The van der Waals surface area contributed by atoms with E-state index >= 15 is 0 Å². The minimum atomic E-state index is -0.508. The molecule has 0 aliphatic carbocycles. The van der Waals surface area contributed by atoms with Gasteiger partial charge in [-0.1, -0.05) is 30.3 Å². The molecule has 10 rings (SSSR count). The van der Waals surface area contributed by atoms with E-state index in [0.717, 1.165) is 75.5 Å². The summed E-state index contributed by atoms with van der Waals surface area (Å²) in [4.78, 5) is 21.3. The molecule has 0 unspecified atom stereocenters. The molecule has 0 fully saturated rings. The van der Waals surface area contributed by atoms with Crippen molar-refractivity contribution in [1.29, 1.82) is 0 Å². The number of halogens is 2. The fraction of sp³-hybridized carbons (Fsp3) is 0.154. The number of aromatic nitrogens is 5. The number of benzene rings is 5. The van der Waals surface area contributed by atoms with Crippen molar-refractivity contribution >= 4 is 0 Å². The third-order valence-corrected chi connectivity index (χ3v) is 10.8. The number of rotatable bonds is 15. The molecule has 5 aromatic heterocycles. The van der Waals surface area contributed by atoms with Gasteiger partial charge in [-0.05, 0) is 92.8 Å². The zero-order valence-electron chi connectivity index (χ0n) is 43.3. The van der Waals surface area contributed by atoms with Crippen LogP contribution in [0.5, 0.6) is 0 Å². The van der Waals surface area contributed by atoms with Gasteiger partial charge in [0.15, 0.2) is 0 Å². The second-order valence-corrected chi connectivity index (χ2v) is 16.7. The molecule has 0 aliphatic heterocycles. The molecule has 0 amide bonds. The first-order valence-corrected chi connectivity index (χ1v) is 24.4. The number of hydrogen-bond acceptors (Lipinski definition) is 8. The van der Waals surface area contributed by atoms with Crippen LogP contribution in [0.25, 0.3) is 0 Å². The molecule has 0 aliphatic rings. The van der Waals surface area contributed by atoms with Crippen LogP contribution in [0.1, 0.15) is 84.8 Å². The van der Waals surface area contributed by atoms with Crippen LogP contribution < -0.4 is 0 Å². The molecule has 8 nitrogen and oxygen atoms in total. The maximum atomic E-state index is 12.4. The van der Waals surface area contributed by atoms with E-state index in [1.165, 1.54) is 0 Å². The van der Waals surface area contributed by atoms with Gasteiger partial charge in [-0.2, -0.15) is 179 Å². The van der Waals surface area contributed by atoms with Gasteiger partial charge in [0.25, 0.3) is 0 Å². The van der Waals surface area contributed by atoms with Crippen LogP contribution in [0.4, 0.5) is 8.78 Å². The van der Waals surface area contributed by atoms with E-state index < -0.39 is 13.3 Å². The van der Waals surface area contributed by atoms with Crippen LogP contribution in [-0.2, 0) is 166 Å². The molecule has 10 aromatic rings. The number of pyridine rings is 5. The largest absolute Gasteiger partial charge is 0.390 e. The van der Waals surface area contributed by atoms with Crippen LogP contribution in [0, 0.1) is 30.3 Å². The van der Waals surface area contributed by atoms with E-state index in [1.807, 2.05) is 200 Å². The van der Waals surface area contributed by atoms with Crippen molar-refractivity contribution < 1.29 is 124 Å². The molecular weight excluding hydrogens is 1720 g/mol. The van der Waals surface area contributed by atoms with E-state index in [9.17, 15) is 8.78 Å². The maximum Gasteiger partial charge on any atom is 0.131 e. The first-order valence-electron chi connectivity index (χ1n) is 24.4. The van der Waals surface area contributed by atoms with Gasteiger partial charge in [0.05, 0.1) is 48.3 Å². The minimum Gasteiger partial charge on any atom is -0.390 e. The van der Waals surface area contributed by atoms with Gasteiger partial charge < -0.3 is 15.3 Å². The van der Waals surface area contributed by atoms with E-state index in [4.69, 9.17) is 15.3 Å². The van der Waals surface area contributed by atoms with Gasteiger partial charge in [-0.15, -0.1) is 0 Å². The predicted octanol–water partition coefficient (Wildman–Crippen LogP) is 11.8. The van der Waals surface area contributed by atoms with Crippen molar-refractivity contribution in [3.8, 4) is 0 Å². The predicted molar refractivity (Wildman–Crippen MR) is 289 cm³/mol. The smallest absolute Gasteiger partial charge is 0.131 e. The monoisotopic (exact) mass is 1780 g/mol. The van der Waals surface area contributed by atoms with E-state index in [1.54, 1.807) is 12.1 Å². The Balaban J connectivity index is 0.000000492. The second-order valence-electron chi connectivity index (χ2n) is 16.7. The molecule has 4 radical (unpaired) electrons. The molecular formula is C65H58F2Ir2N5O3PtRh2-5. The Morgan fingerprint density at radius 2 is 0.463 bits per heavy atom. The van der Waals surface area contributed by atoms with E-state index in [2.05, 4.69) is 55.3 Å². The van der Waals surface area contributed by atoms with Crippen molar-refractivity contribution in [3.63, 3.8) is 0 Å². The minimum absolute atomic E-state index is 0. The molecule has 3 N–H and O–H groups in total. The van der Waals surface area contributed by atoms with Crippen molar-refractivity contribution in [1.82, 2.24) is 24.9 Å².